The number of aromatic nitrogens is 1. The van der Waals surface area contributed by atoms with Gasteiger partial charge in [-0.25, -0.2) is 4.98 Å². The Morgan fingerprint density at radius 1 is 1.26 bits per heavy atom. The van der Waals surface area contributed by atoms with Crippen molar-refractivity contribution in [1.29, 1.82) is 0 Å². The van der Waals surface area contributed by atoms with Gasteiger partial charge in [0.1, 0.15) is 10.6 Å². The van der Waals surface area contributed by atoms with Crippen molar-refractivity contribution in [3.63, 3.8) is 0 Å². The molecule has 0 aromatic carbocycles. The van der Waals surface area contributed by atoms with E-state index in [4.69, 9.17) is 14.5 Å². The van der Waals surface area contributed by atoms with Crippen molar-refractivity contribution in [2.75, 3.05) is 21.3 Å². The van der Waals surface area contributed by atoms with Gasteiger partial charge in [0, 0.05) is 25.6 Å². The molecular formula is C14H24N2O2S. The van der Waals surface area contributed by atoms with Gasteiger partial charge >= 0.3 is 0 Å². The summed E-state index contributed by atoms with van der Waals surface area (Å²) < 4.78 is 11.1. The Morgan fingerprint density at radius 2 is 2.00 bits per heavy atom. The first-order valence-electron chi connectivity index (χ1n) is 6.93. The highest BCUT2D eigenvalue weighted by Gasteiger charge is 2.37. The van der Waals surface area contributed by atoms with E-state index in [2.05, 4.69) is 5.32 Å². The van der Waals surface area contributed by atoms with Crippen LogP contribution in [0.1, 0.15) is 47.7 Å². The van der Waals surface area contributed by atoms with E-state index < -0.39 is 0 Å². The molecule has 0 amide bonds. The number of thiazole rings is 1. The molecule has 0 atom stereocenters. The summed E-state index contributed by atoms with van der Waals surface area (Å²) in [5, 5.41) is 4.34. The maximum atomic E-state index is 5.88. The van der Waals surface area contributed by atoms with Crippen molar-refractivity contribution in [3.8, 4) is 0 Å². The predicted molar refractivity (Wildman–Crippen MR) is 77.4 cm³/mol. The Labute approximate surface area is 119 Å². The van der Waals surface area contributed by atoms with E-state index in [0.29, 0.717) is 6.61 Å². The van der Waals surface area contributed by atoms with Gasteiger partial charge in [0.05, 0.1) is 12.3 Å². The van der Waals surface area contributed by atoms with Gasteiger partial charge in [-0.05, 0) is 19.9 Å². The fourth-order valence-electron chi connectivity index (χ4n) is 2.75. The van der Waals surface area contributed by atoms with Crippen LogP contribution >= 0.6 is 11.3 Å². The molecule has 0 bridgehead atoms. The minimum Gasteiger partial charge on any atom is -0.378 e. The first kappa shape index (κ1) is 14.9. The number of methoxy groups -OCH3 is 2. The summed E-state index contributed by atoms with van der Waals surface area (Å²) in [5.74, 6) is 0. The van der Waals surface area contributed by atoms with Crippen LogP contribution in [0.15, 0.2) is 0 Å². The molecule has 0 aliphatic heterocycles. The molecule has 1 aromatic rings. The average Bonchev–Trinajstić information content (AvgIpc) is 2.84. The Morgan fingerprint density at radius 3 is 2.58 bits per heavy atom. The van der Waals surface area contributed by atoms with E-state index >= 15 is 0 Å². The number of nitrogens with zero attached hydrogens (tertiary/aromatic N) is 1. The summed E-state index contributed by atoms with van der Waals surface area (Å²) in [6.45, 7) is 1.42. The molecule has 0 unspecified atom stereocenters. The third kappa shape index (κ3) is 3.16. The monoisotopic (exact) mass is 284 g/mol. The van der Waals surface area contributed by atoms with Crippen LogP contribution in [0.5, 0.6) is 0 Å². The molecule has 1 aliphatic rings. The average molecular weight is 284 g/mol. The number of ether oxygens (including phenoxy) is 2. The molecule has 4 nitrogen and oxygen atoms in total. The number of hydrogen-bond donors (Lipinski definition) is 1. The van der Waals surface area contributed by atoms with E-state index in [1.165, 1.54) is 24.1 Å². The molecule has 2 rings (SSSR count). The minimum atomic E-state index is -0.155. The highest BCUT2D eigenvalue weighted by molar-refractivity contribution is 7.11. The minimum absolute atomic E-state index is 0.155. The van der Waals surface area contributed by atoms with Gasteiger partial charge in [0.2, 0.25) is 0 Å². The molecule has 5 heteroatoms. The van der Waals surface area contributed by atoms with Gasteiger partial charge in [-0.2, -0.15) is 0 Å². The molecule has 1 fully saturated rings. The fraction of sp³-hybridized carbons (Fsp3) is 0.786. The second kappa shape index (κ2) is 6.79. The summed E-state index contributed by atoms with van der Waals surface area (Å²) in [4.78, 5) is 6.08. The van der Waals surface area contributed by atoms with Crippen molar-refractivity contribution < 1.29 is 9.47 Å². The number of hydrogen-bond acceptors (Lipinski definition) is 5. The Kier molecular flexibility index (Phi) is 5.33. The van der Waals surface area contributed by atoms with Crippen LogP contribution in [0.25, 0.3) is 0 Å². The quantitative estimate of drug-likeness (QED) is 0.872. The fourth-order valence-corrected chi connectivity index (χ4v) is 4.06. The molecule has 108 valence electrons. The molecule has 0 saturated heterocycles. The maximum Gasteiger partial charge on any atom is 0.125 e. The van der Waals surface area contributed by atoms with Crippen molar-refractivity contribution in [3.05, 3.63) is 15.6 Å². The first-order valence-corrected chi connectivity index (χ1v) is 7.75. The summed E-state index contributed by atoms with van der Waals surface area (Å²) in [6, 6.07) is 0. The third-order valence-corrected chi connectivity index (χ3v) is 5.12. The Balaban J connectivity index is 2.29. The topological polar surface area (TPSA) is 43.4 Å². The highest BCUT2D eigenvalue weighted by atomic mass is 32.1. The van der Waals surface area contributed by atoms with Crippen molar-refractivity contribution >= 4 is 11.3 Å². The van der Waals surface area contributed by atoms with Crippen molar-refractivity contribution in [2.24, 2.45) is 0 Å². The van der Waals surface area contributed by atoms with E-state index in [1.54, 1.807) is 18.4 Å². The molecule has 0 spiro atoms. The maximum absolute atomic E-state index is 5.88. The first-order chi connectivity index (χ1) is 9.25. The second-order valence-electron chi connectivity index (χ2n) is 5.11. The van der Waals surface area contributed by atoms with E-state index in [0.717, 1.165) is 30.1 Å². The van der Waals surface area contributed by atoms with Crippen molar-refractivity contribution in [2.45, 2.75) is 50.9 Å². The lowest BCUT2D eigenvalue weighted by Gasteiger charge is -2.34. The normalized spacial score (nSPS) is 18.7. The lowest BCUT2D eigenvalue weighted by atomic mass is 9.85. The van der Waals surface area contributed by atoms with Crippen molar-refractivity contribution in [1.82, 2.24) is 10.3 Å². The van der Waals surface area contributed by atoms with Gasteiger partial charge in [0.25, 0.3) is 0 Å². The van der Waals surface area contributed by atoms with Crippen LogP contribution in [0.3, 0.4) is 0 Å². The second-order valence-corrected chi connectivity index (χ2v) is 6.19. The molecular weight excluding hydrogens is 260 g/mol. The molecule has 19 heavy (non-hydrogen) atoms. The summed E-state index contributed by atoms with van der Waals surface area (Å²) in [5.41, 5.74) is 0.899. The van der Waals surface area contributed by atoms with Crippen LogP contribution in [0, 0.1) is 0 Å². The van der Waals surface area contributed by atoms with Crippen LogP contribution in [0.2, 0.25) is 0 Å². The zero-order chi connectivity index (χ0) is 13.7. The molecule has 1 aromatic heterocycles. The van der Waals surface area contributed by atoms with Crippen LogP contribution in [-0.4, -0.2) is 26.3 Å². The Hall–Kier alpha value is -0.490. The summed E-state index contributed by atoms with van der Waals surface area (Å²) >= 11 is 1.78. The largest absolute Gasteiger partial charge is 0.378 e. The third-order valence-electron chi connectivity index (χ3n) is 3.84. The van der Waals surface area contributed by atoms with Gasteiger partial charge in [-0.3, -0.25) is 0 Å². The lowest BCUT2D eigenvalue weighted by molar-refractivity contribution is -0.0448. The number of rotatable bonds is 6. The van der Waals surface area contributed by atoms with Crippen LogP contribution in [-0.2, 0) is 28.2 Å². The highest BCUT2D eigenvalue weighted by Crippen LogP contribution is 2.42. The van der Waals surface area contributed by atoms with E-state index in [1.807, 2.05) is 14.2 Å². The smallest absolute Gasteiger partial charge is 0.125 e. The van der Waals surface area contributed by atoms with E-state index in [-0.39, 0.29) is 5.60 Å². The molecule has 1 aliphatic carbocycles. The molecule has 0 radical (unpaired) electrons. The van der Waals surface area contributed by atoms with Gasteiger partial charge in [0.15, 0.2) is 0 Å². The van der Waals surface area contributed by atoms with Crippen LogP contribution in [0.4, 0.5) is 0 Å². The SMILES string of the molecule is CNCc1sc(C2(OC)CCCCC2)nc1COC. The zero-order valence-corrected chi connectivity index (χ0v) is 12.9. The van der Waals surface area contributed by atoms with Gasteiger partial charge < -0.3 is 14.8 Å². The number of nitrogens with one attached hydrogen (secondary N) is 1. The van der Waals surface area contributed by atoms with Gasteiger partial charge in [-0.15, -0.1) is 11.3 Å². The molecule has 1 N–H and O–H groups in total. The summed E-state index contributed by atoms with van der Waals surface area (Å²) in [7, 11) is 5.50. The zero-order valence-electron chi connectivity index (χ0n) is 12.1. The Bertz CT molecular complexity index is 377. The lowest BCUT2D eigenvalue weighted by Crippen LogP contribution is -2.31. The van der Waals surface area contributed by atoms with Gasteiger partial charge in [-0.1, -0.05) is 19.3 Å². The van der Waals surface area contributed by atoms with Crippen LogP contribution < -0.4 is 5.32 Å². The molecule has 1 heterocycles. The summed E-state index contributed by atoms with van der Waals surface area (Å²) in [6.07, 6.45) is 5.94. The van der Waals surface area contributed by atoms with E-state index in [9.17, 15) is 0 Å². The molecule has 1 saturated carbocycles. The predicted octanol–water partition coefficient (Wildman–Crippen LogP) is 2.81. The standard InChI is InChI=1S/C14H24N2O2S/c1-15-9-12-11(10-17-2)16-13(19-12)14(18-3)7-5-4-6-8-14/h15H,4-10H2,1-3H3.